The molecule has 2 heterocycles. The van der Waals surface area contributed by atoms with Crippen molar-refractivity contribution in [2.45, 2.75) is 25.8 Å². The molecule has 0 saturated heterocycles. The Morgan fingerprint density at radius 2 is 2.25 bits per heavy atom. The van der Waals surface area contributed by atoms with Crippen molar-refractivity contribution in [3.05, 3.63) is 29.5 Å². The van der Waals surface area contributed by atoms with Crippen molar-refractivity contribution >= 4 is 22.6 Å². The van der Waals surface area contributed by atoms with Crippen LogP contribution in [0.1, 0.15) is 30.1 Å². The molecule has 1 saturated carbocycles. The second-order valence-electron chi connectivity index (χ2n) is 5.04. The van der Waals surface area contributed by atoms with Gasteiger partial charge >= 0.3 is 0 Å². The minimum absolute atomic E-state index is 0.518. The van der Waals surface area contributed by atoms with Crippen molar-refractivity contribution in [3.8, 4) is 16.8 Å². The standard InChI is InChI=1S/C14H11N5S/c1-8-13(20-18-17-8)14-16-11-6-9(7-15)2-5-12(11)19(14)10-3-4-10/h2,5-6,10H,3-4H2,1H3. The van der Waals surface area contributed by atoms with Crippen molar-refractivity contribution in [1.29, 1.82) is 5.26 Å². The van der Waals surface area contributed by atoms with E-state index >= 15 is 0 Å². The fraction of sp³-hybridized carbons (Fsp3) is 0.286. The van der Waals surface area contributed by atoms with E-state index in [4.69, 9.17) is 10.2 Å². The van der Waals surface area contributed by atoms with E-state index in [0.29, 0.717) is 11.6 Å². The molecule has 1 fully saturated rings. The molecule has 6 heteroatoms. The van der Waals surface area contributed by atoms with Gasteiger partial charge in [0.2, 0.25) is 0 Å². The Labute approximate surface area is 119 Å². The average Bonchev–Trinajstić information content (AvgIpc) is 3.10. The van der Waals surface area contributed by atoms with Crippen LogP contribution in [0.4, 0.5) is 0 Å². The zero-order valence-corrected chi connectivity index (χ0v) is 11.7. The van der Waals surface area contributed by atoms with E-state index in [1.807, 2.05) is 25.1 Å². The van der Waals surface area contributed by atoms with Crippen LogP contribution in [0, 0.1) is 18.3 Å². The van der Waals surface area contributed by atoms with Gasteiger partial charge in [-0.3, -0.25) is 0 Å². The normalized spacial score (nSPS) is 14.6. The number of hydrogen-bond acceptors (Lipinski definition) is 5. The molecule has 0 radical (unpaired) electrons. The van der Waals surface area contributed by atoms with Crippen molar-refractivity contribution in [2.24, 2.45) is 0 Å². The van der Waals surface area contributed by atoms with Crippen LogP contribution in [0.3, 0.4) is 0 Å². The summed E-state index contributed by atoms with van der Waals surface area (Å²) in [6, 6.07) is 8.38. The molecule has 0 N–H and O–H groups in total. The van der Waals surface area contributed by atoms with Gasteiger partial charge in [0.1, 0.15) is 4.88 Å². The molecule has 1 aromatic carbocycles. The molecule has 0 unspecified atom stereocenters. The van der Waals surface area contributed by atoms with Crippen LogP contribution in [0.2, 0.25) is 0 Å². The summed E-state index contributed by atoms with van der Waals surface area (Å²) in [4.78, 5) is 5.75. The summed E-state index contributed by atoms with van der Waals surface area (Å²) < 4.78 is 6.29. The van der Waals surface area contributed by atoms with Gasteiger partial charge < -0.3 is 4.57 Å². The van der Waals surface area contributed by atoms with E-state index < -0.39 is 0 Å². The molecule has 5 nitrogen and oxygen atoms in total. The van der Waals surface area contributed by atoms with Crippen LogP contribution in [-0.4, -0.2) is 19.1 Å². The number of benzene rings is 1. The maximum Gasteiger partial charge on any atom is 0.155 e. The number of rotatable bonds is 2. The lowest BCUT2D eigenvalue weighted by molar-refractivity contribution is 0.776. The Hall–Kier alpha value is -2.26. The van der Waals surface area contributed by atoms with Crippen LogP contribution in [0.15, 0.2) is 18.2 Å². The monoisotopic (exact) mass is 281 g/mol. The summed E-state index contributed by atoms with van der Waals surface area (Å²) in [6.07, 6.45) is 2.37. The number of nitriles is 1. The molecule has 98 valence electrons. The van der Waals surface area contributed by atoms with Gasteiger partial charge in [-0.1, -0.05) is 4.49 Å². The van der Waals surface area contributed by atoms with Crippen LogP contribution in [-0.2, 0) is 0 Å². The molecule has 1 aliphatic carbocycles. The van der Waals surface area contributed by atoms with E-state index in [9.17, 15) is 0 Å². The lowest BCUT2D eigenvalue weighted by Crippen LogP contribution is -1.97. The minimum atomic E-state index is 0.518. The first-order valence-electron chi connectivity index (χ1n) is 6.49. The summed E-state index contributed by atoms with van der Waals surface area (Å²) in [6.45, 7) is 1.95. The van der Waals surface area contributed by atoms with Crippen molar-refractivity contribution in [3.63, 3.8) is 0 Å². The Kier molecular flexibility index (Phi) is 2.38. The van der Waals surface area contributed by atoms with Crippen LogP contribution in [0.5, 0.6) is 0 Å². The average molecular weight is 281 g/mol. The molecule has 0 spiro atoms. The first-order valence-corrected chi connectivity index (χ1v) is 7.26. The highest BCUT2D eigenvalue weighted by molar-refractivity contribution is 7.09. The van der Waals surface area contributed by atoms with Gasteiger partial charge in [-0.15, -0.1) is 5.10 Å². The smallest absolute Gasteiger partial charge is 0.155 e. The topological polar surface area (TPSA) is 67.4 Å². The third kappa shape index (κ3) is 1.63. The first kappa shape index (κ1) is 11.6. The number of nitrogens with zero attached hydrogens (tertiary/aromatic N) is 5. The minimum Gasteiger partial charge on any atom is -0.320 e. The summed E-state index contributed by atoms with van der Waals surface area (Å²) in [5.74, 6) is 0.935. The molecule has 4 rings (SSSR count). The Morgan fingerprint density at radius 1 is 1.40 bits per heavy atom. The van der Waals surface area contributed by atoms with E-state index in [2.05, 4.69) is 20.2 Å². The zero-order valence-electron chi connectivity index (χ0n) is 10.9. The number of aromatic nitrogens is 4. The van der Waals surface area contributed by atoms with E-state index in [0.717, 1.165) is 27.4 Å². The quantitative estimate of drug-likeness (QED) is 0.724. The molecule has 0 atom stereocenters. The lowest BCUT2D eigenvalue weighted by Gasteiger charge is -2.05. The van der Waals surface area contributed by atoms with Gasteiger partial charge in [-0.2, -0.15) is 5.26 Å². The van der Waals surface area contributed by atoms with Crippen LogP contribution < -0.4 is 0 Å². The predicted molar refractivity (Wildman–Crippen MR) is 76.4 cm³/mol. The highest BCUT2D eigenvalue weighted by Crippen LogP contribution is 2.42. The molecule has 0 bridgehead atoms. The van der Waals surface area contributed by atoms with Gasteiger partial charge in [0, 0.05) is 6.04 Å². The largest absolute Gasteiger partial charge is 0.320 e. The molecular formula is C14H11N5S. The van der Waals surface area contributed by atoms with Crippen molar-refractivity contribution < 1.29 is 0 Å². The van der Waals surface area contributed by atoms with Gasteiger partial charge in [0.25, 0.3) is 0 Å². The summed E-state index contributed by atoms with van der Waals surface area (Å²) in [5.41, 5.74) is 3.52. The molecule has 2 aromatic heterocycles. The van der Waals surface area contributed by atoms with E-state index in [1.54, 1.807) is 0 Å². The SMILES string of the molecule is Cc1nnsc1-c1nc2cc(C#N)ccc2n1C1CC1. The second-order valence-corrected chi connectivity index (χ2v) is 5.79. The Bertz CT molecular complexity index is 850. The highest BCUT2D eigenvalue weighted by Gasteiger charge is 2.30. The Morgan fingerprint density at radius 3 is 2.90 bits per heavy atom. The first-order chi connectivity index (χ1) is 9.78. The van der Waals surface area contributed by atoms with Crippen LogP contribution >= 0.6 is 11.5 Å². The number of fused-ring (bicyclic) bond motifs is 1. The van der Waals surface area contributed by atoms with Crippen molar-refractivity contribution in [2.75, 3.05) is 0 Å². The fourth-order valence-corrected chi connectivity index (χ4v) is 3.11. The summed E-state index contributed by atoms with van der Waals surface area (Å²) in [5, 5.41) is 13.1. The number of hydrogen-bond donors (Lipinski definition) is 0. The third-order valence-corrected chi connectivity index (χ3v) is 4.41. The number of imidazole rings is 1. The molecule has 0 amide bonds. The Balaban J connectivity index is 2.03. The molecule has 3 aromatic rings. The molecule has 20 heavy (non-hydrogen) atoms. The van der Waals surface area contributed by atoms with E-state index in [-0.39, 0.29) is 0 Å². The van der Waals surface area contributed by atoms with Gasteiger partial charge in [-0.05, 0) is 49.5 Å². The lowest BCUT2D eigenvalue weighted by atomic mass is 10.2. The second kappa shape index (κ2) is 4.12. The summed E-state index contributed by atoms with van der Waals surface area (Å²) in [7, 11) is 0. The molecule has 0 aliphatic heterocycles. The molecule has 1 aliphatic rings. The summed E-state index contributed by atoms with van der Waals surface area (Å²) >= 11 is 1.38. The van der Waals surface area contributed by atoms with Gasteiger partial charge in [0.05, 0.1) is 28.4 Å². The maximum atomic E-state index is 9.02. The zero-order chi connectivity index (χ0) is 13.7. The van der Waals surface area contributed by atoms with Gasteiger partial charge in [0.15, 0.2) is 5.82 Å². The van der Waals surface area contributed by atoms with Crippen LogP contribution in [0.25, 0.3) is 21.7 Å². The van der Waals surface area contributed by atoms with E-state index in [1.165, 1.54) is 24.4 Å². The fourth-order valence-electron chi connectivity index (χ4n) is 2.47. The predicted octanol–water partition coefficient (Wildman–Crippen LogP) is 3.07. The third-order valence-electron chi connectivity index (χ3n) is 3.59. The molecular weight excluding hydrogens is 270 g/mol. The maximum absolute atomic E-state index is 9.02. The number of aryl methyl sites for hydroxylation is 1. The highest BCUT2D eigenvalue weighted by atomic mass is 32.1. The van der Waals surface area contributed by atoms with Crippen molar-refractivity contribution in [1.82, 2.24) is 19.1 Å². The van der Waals surface area contributed by atoms with Gasteiger partial charge in [-0.25, -0.2) is 4.98 Å².